The van der Waals surface area contributed by atoms with Crippen molar-refractivity contribution in [3.8, 4) is 5.75 Å². The fourth-order valence-corrected chi connectivity index (χ4v) is 3.08. The molecule has 0 saturated heterocycles. The van der Waals surface area contributed by atoms with E-state index in [-0.39, 0.29) is 10.8 Å². The third-order valence-corrected chi connectivity index (χ3v) is 4.09. The van der Waals surface area contributed by atoms with Crippen LogP contribution in [0.4, 0.5) is 0 Å². The number of hydrogen-bond acceptors (Lipinski definition) is 2. The van der Waals surface area contributed by atoms with Gasteiger partial charge in [0, 0.05) is 5.56 Å². The highest BCUT2D eigenvalue weighted by molar-refractivity contribution is 6.70. The summed E-state index contributed by atoms with van der Waals surface area (Å²) in [7, 11) is -1.73. The monoisotopic (exact) mass is 306 g/mol. The van der Waals surface area contributed by atoms with E-state index >= 15 is 0 Å². The second-order valence-electron chi connectivity index (χ2n) is 8.78. The van der Waals surface area contributed by atoms with Crippen LogP contribution in [0.25, 0.3) is 0 Å². The summed E-state index contributed by atoms with van der Waals surface area (Å²) in [6.45, 7) is 19.6. The van der Waals surface area contributed by atoms with Crippen molar-refractivity contribution in [3.63, 3.8) is 0 Å². The first-order valence-corrected chi connectivity index (χ1v) is 11.0. The average Bonchev–Trinajstić information content (AvgIpc) is 2.23. The lowest BCUT2D eigenvalue weighted by Crippen LogP contribution is -2.33. The van der Waals surface area contributed by atoms with Crippen LogP contribution in [-0.4, -0.2) is 14.6 Å². The van der Waals surface area contributed by atoms with Crippen molar-refractivity contribution in [1.29, 1.82) is 0 Å². The number of carbonyl (C=O) groups excluding carboxylic acids is 1. The fourth-order valence-electron chi connectivity index (χ4n) is 2.25. The number of aldehydes is 1. The van der Waals surface area contributed by atoms with E-state index < -0.39 is 8.32 Å². The van der Waals surface area contributed by atoms with E-state index in [0.29, 0.717) is 0 Å². The zero-order valence-electron chi connectivity index (χ0n) is 15.0. The van der Waals surface area contributed by atoms with Crippen LogP contribution in [0.2, 0.25) is 19.6 Å². The van der Waals surface area contributed by atoms with Gasteiger partial charge in [0.15, 0.2) is 0 Å². The molecule has 0 atom stereocenters. The molecule has 1 aromatic rings. The minimum atomic E-state index is -1.73. The molecule has 2 nitrogen and oxygen atoms in total. The molecule has 1 aromatic carbocycles. The quantitative estimate of drug-likeness (QED) is 0.559. The molecule has 3 heteroatoms. The Morgan fingerprint density at radius 1 is 0.905 bits per heavy atom. The van der Waals surface area contributed by atoms with Crippen LogP contribution < -0.4 is 4.43 Å². The summed E-state index contributed by atoms with van der Waals surface area (Å²) in [6.07, 6.45) is 0.933. The number of rotatable bonds is 3. The first kappa shape index (κ1) is 18.0. The Kier molecular flexibility index (Phi) is 4.79. The van der Waals surface area contributed by atoms with Gasteiger partial charge in [-0.15, -0.1) is 0 Å². The van der Waals surface area contributed by atoms with Crippen LogP contribution in [0, 0.1) is 0 Å². The summed E-state index contributed by atoms with van der Waals surface area (Å²) in [5, 5.41) is 0. The molecule has 0 amide bonds. The van der Waals surface area contributed by atoms with Gasteiger partial charge in [0.2, 0.25) is 8.32 Å². The van der Waals surface area contributed by atoms with Gasteiger partial charge in [0.25, 0.3) is 0 Å². The van der Waals surface area contributed by atoms with Crippen LogP contribution >= 0.6 is 0 Å². The highest BCUT2D eigenvalue weighted by atomic mass is 28.4. The third-order valence-electron chi connectivity index (χ3n) is 3.27. The van der Waals surface area contributed by atoms with Crippen molar-refractivity contribution in [2.45, 2.75) is 72.0 Å². The van der Waals surface area contributed by atoms with Gasteiger partial charge in [-0.2, -0.15) is 0 Å². The summed E-state index contributed by atoms with van der Waals surface area (Å²) in [5.41, 5.74) is 2.86. The van der Waals surface area contributed by atoms with E-state index in [1.807, 2.05) is 12.1 Å². The lowest BCUT2D eigenvalue weighted by atomic mass is 9.78. The maximum Gasteiger partial charge on any atom is 0.242 e. The lowest BCUT2D eigenvalue weighted by molar-refractivity contribution is 0.112. The van der Waals surface area contributed by atoms with Crippen molar-refractivity contribution in [3.05, 3.63) is 28.8 Å². The molecule has 0 saturated carbocycles. The van der Waals surface area contributed by atoms with Gasteiger partial charge in [-0.1, -0.05) is 41.5 Å². The van der Waals surface area contributed by atoms with Gasteiger partial charge >= 0.3 is 0 Å². The van der Waals surface area contributed by atoms with Gasteiger partial charge in [0.05, 0.1) is 0 Å². The maximum absolute atomic E-state index is 11.3. The van der Waals surface area contributed by atoms with Crippen LogP contribution in [0.15, 0.2) is 12.1 Å². The van der Waals surface area contributed by atoms with Crippen molar-refractivity contribution in [2.24, 2.45) is 0 Å². The van der Waals surface area contributed by atoms with E-state index in [1.54, 1.807) is 0 Å². The fraction of sp³-hybridized carbons (Fsp3) is 0.611. The Balaban J connectivity index is 3.72. The third kappa shape index (κ3) is 4.70. The molecule has 0 N–H and O–H groups in total. The highest BCUT2D eigenvalue weighted by Gasteiger charge is 2.30. The Bertz CT molecular complexity index is 491. The maximum atomic E-state index is 11.3. The number of benzene rings is 1. The molecule has 0 unspecified atom stereocenters. The summed E-state index contributed by atoms with van der Waals surface area (Å²) in [6, 6.07) is 3.97. The van der Waals surface area contributed by atoms with Crippen LogP contribution in [0.3, 0.4) is 0 Å². The van der Waals surface area contributed by atoms with Crippen molar-refractivity contribution < 1.29 is 9.22 Å². The van der Waals surface area contributed by atoms with E-state index in [4.69, 9.17) is 4.43 Å². The van der Waals surface area contributed by atoms with Gasteiger partial charge in [-0.3, -0.25) is 4.79 Å². The van der Waals surface area contributed by atoms with Crippen molar-refractivity contribution >= 4 is 14.6 Å². The Morgan fingerprint density at radius 2 is 1.29 bits per heavy atom. The molecule has 0 aliphatic rings. The first-order chi connectivity index (χ1) is 9.25. The zero-order valence-corrected chi connectivity index (χ0v) is 16.0. The van der Waals surface area contributed by atoms with Gasteiger partial charge < -0.3 is 4.43 Å². The number of hydrogen-bond donors (Lipinski definition) is 0. The molecule has 118 valence electrons. The van der Waals surface area contributed by atoms with Crippen molar-refractivity contribution in [1.82, 2.24) is 0 Å². The molecule has 21 heavy (non-hydrogen) atoms. The Morgan fingerprint density at radius 3 is 1.52 bits per heavy atom. The predicted molar refractivity (Wildman–Crippen MR) is 93.2 cm³/mol. The summed E-state index contributed by atoms with van der Waals surface area (Å²) in [5.74, 6) is 0.986. The molecule has 0 radical (unpaired) electrons. The predicted octanol–water partition coefficient (Wildman–Crippen LogP) is 5.31. The zero-order chi connectivity index (χ0) is 16.6. The molecule has 0 spiro atoms. The van der Waals surface area contributed by atoms with Gasteiger partial charge in [-0.25, -0.2) is 0 Å². The van der Waals surface area contributed by atoms with Crippen LogP contribution in [0.5, 0.6) is 5.75 Å². The van der Waals surface area contributed by atoms with Gasteiger partial charge in [0.1, 0.15) is 12.0 Å². The highest BCUT2D eigenvalue weighted by Crippen LogP contribution is 2.41. The molecule has 0 aliphatic carbocycles. The molecule has 0 fully saturated rings. The van der Waals surface area contributed by atoms with E-state index in [2.05, 4.69) is 61.2 Å². The first-order valence-electron chi connectivity index (χ1n) is 7.59. The summed E-state index contributed by atoms with van der Waals surface area (Å²) < 4.78 is 6.44. The molecule has 0 aromatic heterocycles. The topological polar surface area (TPSA) is 26.3 Å². The smallest absolute Gasteiger partial charge is 0.242 e. The largest absolute Gasteiger partial charge is 0.544 e. The molecule has 1 rings (SSSR count). The van der Waals surface area contributed by atoms with E-state index in [1.165, 1.54) is 0 Å². The summed E-state index contributed by atoms with van der Waals surface area (Å²) in [4.78, 5) is 11.3. The molecule has 0 bridgehead atoms. The van der Waals surface area contributed by atoms with Gasteiger partial charge in [-0.05, 0) is 53.7 Å². The van der Waals surface area contributed by atoms with Crippen molar-refractivity contribution in [2.75, 3.05) is 0 Å². The SMILES string of the molecule is CC(C)(C)c1cc(C=O)cc(C(C)(C)C)c1O[Si](C)(C)C. The average molecular weight is 307 g/mol. The minimum absolute atomic E-state index is 0.0615. The Labute approximate surface area is 131 Å². The minimum Gasteiger partial charge on any atom is -0.544 e. The molecular formula is C18H30O2Si. The van der Waals surface area contributed by atoms with Crippen LogP contribution in [-0.2, 0) is 10.8 Å². The lowest BCUT2D eigenvalue weighted by Gasteiger charge is -2.33. The number of carbonyl (C=O) groups is 1. The summed E-state index contributed by atoms with van der Waals surface area (Å²) >= 11 is 0. The standard InChI is InChI=1S/C18H30O2Si/c1-17(2,3)14-10-13(12-19)11-15(18(4,5)6)16(14)20-21(7,8)9/h10-12H,1-9H3. The van der Waals surface area contributed by atoms with E-state index in [9.17, 15) is 4.79 Å². The molecule has 0 aliphatic heterocycles. The molecule has 0 heterocycles. The normalized spacial score (nSPS) is 13.2. The van der Waals surface area contributed by atoms with Crippen LogP contribution in [0.1, 0.15) is 63.0 Å². The second kappa shape index (κ2) is 5.60. The Hall–Kier alpha value is -1.09. The molecular weight excluding hydrogens is 276 g/mol. The van der Waals surface area contributed by atoms with E-state index in [0.717, 1.165) is 28.7 Å². The second-order valence-corrected chi connectivity index (χ2v) is 13.2.